The van der Waals surface area contributed by atoms with Crippen LogP contribution in [0.4, 0.5) is 4.79 Å². The molecule has 162 valence electrons. The van der Waals surface area contributed by atoms with Crippen LogP contribution >= 0.6 is 0 Å². The molecule has 7 nitrogen and oxygen atoms in total. The van der Waals surface area contributed by atoms with E-state index in [9.17, 15) is 9.59 Å². The maximum Gasteiger partial charge on any atom is 0.338 e. The van der Waals surface area contributed by atoms with Crippen LogP contribution in [0.25, 0.3) is 0 Å². The molecule has 1 saturated heterocycles. The number of benzene rings is 2. The number of hydrogen-bond acceptors (Lipinski definition) is 5. The highest BCUT2D eigenvalue weighted by atomic mass is 16.6. The van der Waals surface area contributed by atoms with E-state index in [0.717, 1.165) is 18.4 Å². The minimum absolute atomic E-state index is 0.0732. The number of para-hydroxylation sites is 1. The van der Waals surface area contributed by atoms with Gasteiger partial charge in [-0.2, -0.15) is 0 Å². The minimum atomic E-state index is -0.683. The van der Waals surface area contributed by atoms with Crippen LogP contribution in [0.15, 0.2) is 65.9 Å². The third-order valence-corrected chi connectivity index (χ3v) is 5.38. The van der Waals surface area contributed by atoms with Crippen molar-refractivity contribution in [3.8, 4) is 5.75 Å². The van der Waals surface area contributed by atoms with Gasteiger partial charge in [-0.3, -0.25) is 0 Å². The van der Waals surface area contributed by atoms with E-state index < -0.39 is 12.0 Å². The van der Waals surface area contributed by atoms with Gasteiger partial charge in [0.1, 0.15) is 19.0 Å². The van der Waals surface area contributed by atoms with Crippen LogP contribution in [-0.2, 0) is 20.9 Å². The first-order valence-electron chi connectivity index (χ1n) is 10.4. The Morgan fingerprint density at radius 1 is 1.13 bits per heavy atom. The van der Waals surface area contributed by atoms with Gasteiger partial charge in [0.25, 0.3) is 0 Å². The summed E-state index contributed by atoms with van der Waals surface area (Å²) in [6, 6.07) is 16.1. The van der Waals surface area contributed by atoms with Gasteiger partial charge in [-0.25, -0.2) is 9.59 Å². The molecule has 0 aromatic heterocycles. The fraction of sp³-hybridized carbons (Fsp3) is 0.333. The number of carbonyl (C=O) groups excluding carboxylic acids is 2. The van der Waals surface area contributed by atoms with Gasteiger partial charge in [-0.05, 0) is 31.4 Å². The van der Waals surface area contributed by atoms with Crippen LogP contribution in [0.1, 0.15) is 36.9 Å². The second kappa shape index (κ2) is 9.66. The van der Waals surface area contributed by atoms with E-state index in [1.165, 1.54) is 0 Å². The molecule has 0 unspecified atom stereocenters. The number of amides is 2. The second-order valence-electron chi connectivity index (χ2n) is 7.62. The van der Waals surface area contributed by atoms with Gasteiger partial charge >= 0.3 is 12.0 Å². The molecule has 2 aromatic carbocycles. The van der Waals surface area contributed by atoms with E-state index in [1.807, 2.05) is 54.6 Å². The predicted octanol–water partition coefficient (Wildman–Crippen LogP) is 3.62. The smallest absolute Gasteiger partial charge is 0.338 e. The lowest BCUT2D eigenvalue weighted by atomic mass is 9.95. The van der Waals surface area contributed by atoms with Crippen molar-refractivity contribution < 1.29 is 23.8 Å². The van der Waals surface area contributed by atoms with Crippen molar-refractivity contribution in [2.75, 3.05) is 13.2 Å². The molecule has 7 heteroatoms. The van der Waals surface area contributed by atoms with Crippen molar-refractivity contribution in [3.63, 3.8) is 0 Å². The van der Waals surface area contributed by atoms with Crippen LogP contribution in [0.5, 0.6) is 5.75 Å². The lowest BCUT2D eigenvalue weighted by Gasteiger charge is -2.29. The monoisotopic (exact) mass is 422 g/mol. The summed E-state index contributed by atoms with van der Waals surface area (Å²) in [4.78, 5) is 25.2. The summed E-state index contributed by atoms with van der Waals surface area (Å²) in [5.74, 6) is 0.110. The summed E-state index contributed by atoms with van der Waals surface area (Å²) in [5.41, 5.74) is 2.53. The average molecular weight is 422 g/mol. The Balaban J connectivity index is 1.56. The summed E-state index contributed by atoms with van der Waals surface area (Å²) in [5, 5.41) is 5.51. The number of carbonyl (C=O) groups is 2. The van der Waals surface area contributed by atoms with Gasteiger partial charge in [0, 0.05) is 17.9 Å². The molecule has 0 radical (unpaired) electrons. The van der Waals surface area contributed by atoms with E-state index in [1.54, 1.807) is 6.92 Å². The van der Waals surface area contributed by atoms with Gasteiger partial charge in [-0.1, -0.05) is 48.5 Å². The largest absolute Gasteiger partial charge is 0.489 e. The fourth-order valence-corrected chi connectivity index (χ4v) is 3.81. The number of urea groups is 1. The highest BCUT2D eigenvalue weighted by Crippen LogP contribution is 2.34. The number of rotatable bonds is 7. The van der Waals surface area contributed by atoms with Crippen LogP contribution in [0, 0.1) is 0 Å². The van der Waals surface area contributed by atoms with Gasteiger partial charge in [-0.15, -0.1) is 0 Å². The molecule has 31 heavy (non-hydrogen) atoms. The molecule has 0 spiro atoms. The molecular weight excluding hydrogens is 396 g/mol. The van der Waals surface area contributed by atoms with E-state index >= 15 is 0 Å². The Bertz CT molecular complexity index is 967. The molecule has 2 amide bonds. The quantitative estimate of drug-likeness (QED) is 0.666. The fourth-order valence-electron chi connectivity index (χ4n) is 3.81. The summed E-state index contributed by atoms with van der Waals surface area (Å²) in [7, 11) is 0. The standard InChI is InChI=1S/C24H26N2O5/c1-16-21(23(27)31-15-18-10-7-13-29-18)22(26-24(28)25-16)19-11-5-6-12-20(19)30-14-17-8-3-2-4-9-17/h2-6,8-9,11-12,18,22H,7,10,13-15H2,1H3,(H2,25,26,28)/t18-,22+/m0/s1. The van der Waals surface area contributed by atoms with Crippen molar-refractivity contribution in [1.82, 2.24) is 10.6 Å². The zero-order valence-electron chi connectivity index (χ0n) is 17.4. The summed E-state index contributed by atoms with van der Waals surface area (Å²) >= 11 is 0. The highest BCUT2D eigenvalue weighted by molar-refractivity contribution is 5.95. The molecule has 0 bridgehead atoms. The first kappa shape index (κ1) is 20.9. The number of nitrogens with one attached hydrogen (secondary N) is 2. The molecule has 2 aliphatic rings. The predicted molar refractivity (Wildman–Crippen MR) is 114 cm³/mol. The van der Waals surface area contributed by atoms with E-state index in [0.29, 0.717) is 35.8 Å². The summed E-state index contributed by atoms with van der Waals surface area (Å²) in [6.45, 7) is 2.96. The first-order valence-corrected chi connectivity index (χ1v) is 10.4. The molecule has 2 aromatic rings. The lowest BCUT2D eigenvalue weighted by Crippen LogP contribution is -2.45. The van der Waals surface area contributed by atoms with Gasteiger partial charge in [0.15, 0.2) is 0 Å². The van der Waals surface area contributed by atoms with Crippen LogP contribution in [0.2, 0.25) is 0 Å². The Morgan fingerprint density at radius 3 is 2.68 bits per heavy atom. The maximum atomic E-state index is 13.0. The van der Waals surface area contributed by atoms with Crippen molar-refractivity contribution in [2.45, 2.75) is 38.5 Å². The molecule has 0 aliphatic carbocycles. The Morgan fingerprint density at radius 2 is 1.90 bits per heavy atom. The van der Waals surface area contributed by atoms with Gasteiger partial charge in [0.05, 0.1) is 17.7 Å². The maximum absolute atomic E-state index is 13.0. The molecule has 2 aliphatic heterocycles. The highest BCUT2D eigenvalue weighted by Gasteiger charge is 2.34. The molecule has 2 heterocycles. The third-order valence-electron chi connectivity index (χ3n) is 5.38. The normalized spacial score (nSPS) is 20.7. The van der Waals surface area contributed by atoms with Crippen molar-refractivity contribution in [1.29, 1.82) is 0 Å². The molecule has 2 N–H and O–H groups in total. The van der Waals surface area contributed by atoms with Gasteiger partial charge in [0.2, 0.25) is 0 Å². The van der Waals surface area contributed by atoms with Crippen LogP contribution in [-0.4, -0.2) is 31.3 Å². The van der Waals surface area contributed by atoms with E-state index in [2.05, 4.69) is 10.6 Å². The number of ether oxygens (including phenoxy) is 3. The van der Waals surface area contributed by atoms with Crippen LogP contribution in [0.3, 0.4) is 0 Å². The number of esters is 1. The third kappa shape index (κ3) is 5.06. The lowest BCUT2D eigenvalue weighted by molar-refractivity contribution is -0.142. The zero-order valence-corrected chi connectivity index (χ0v) is 17.4. The Kier molecular flexibility index (Phi) is 6.52. The Hall–Kier alpha value is -3.32. The summed E-state index contributed by atoms with van der Waals surface area (Å²) in [6.07, 6.45) is 1.77. The van der Waals surface area contributed by atoms with Crippen LogP contribution < -0.4 is 15.4 Å². The first-order chi connectivity index (χ1) is 15.1. The zero-order chi connectivity index (χ0) is 21.6. The topological polar surface area (TPSA) is 85.9 Å². The van der Waals surface area contributed by atoms with E-state index in [4.69, 9.17) is 14.2 Å². The SMILES string of the molecule is CC1=C(C(=O)OC[C@@H]2CCCO2)[C@@H](c2ccccc2OCc2ccccc2)NC(=O)N1. The summed E-state index contributed by atoms with van der Waals surface area (Å²) < 4.78 is 17.1. The molecular formula is C24H26N2O5. The molecule has 4 rings (SSSR count). The Labute approximate surface area is 181 Å². The van der Waals surface area contributed by atoms with Crippen molar-refractivity contribution in [3.05, 3.63) is 77.0 Å². The second-order valence-corrected chi connectivity index (χ2v) is 7.62. The van der Waals surface area contributed by atoms with E-state index in [-0.39, 0.29) is 18.7 Å². The van der Waals surface area contributed by atoms with Crippen molar-refractivity contribution >= 4 is 12.0 Å². The molecule has 2 atom stereocenters. The molecule has 0 saturated carbocycles. The average Bonchev–Trinajstić information content (AvgIpc) is 3.30. The minimum Gasteiger partial charge on any atom is -0.489 e. The molecule has 1 fully saturated rings. The number of hydrogen-bond donors (Lipinski definition) is 2. The number of allylic oxidation sites excluding steroid dienone is 1. The van der Waals surface area contributed by atoms with Crippen molar-refractivity contribution in [2.24, 2.45) is 0 Å². The van der Waals surface area contributed by atoms with Gasteiger partial charge < -0.3 is 24.8 Å².